The Morgan fingerprint density at radius 3 is 1.53 bits per heavy atom. The minimum absolute atomic E-state index is 0.730. The molecule has 0 heterocycles. The van der Waals surface area contributed by atoms with Crippen molar-refractivity contribution in [3.8, 4) is 0 Å². The molecule has 0 radical (unpaired) electrons. The molecule has 0 N–H and O–H groups in total. The monoisotopic (exact) mass is 271 g/mol. The fraction of sp³-hybridized carbons (Fsp3) is 0.333. The second-order valence-electron chi connectivity index (χ2n) is 5.53. The van der Waals surface area contributed by atoms with Gasteiger partial charge in [0.15, 0.2) is 0 Å². The lowest BCUT2D eigenvalue weighted by atomic mass is 10.3. The van der Waals surface area contributed by atoms with Crippen molar-refractivity contribution >= 4 is 17.9 Å². The first-order chi connectivity index (χ1) is 9.19. The SMILES string of the molecule is CC[P+](CC(C)C)(c1ccccc1)c1ccccc1. The van der Waals surface area contributed by atoms with Gasteiger partial charge in [0.25, 0.3) is 0 Å². The zero-order valence-electron chi connectivity index (χ0n) is 12.2. The van der Waals surface area contributed by atoms with Crippen molar-refractivity contribution in [1.82, 2.24) is 0 Å². The van der Waals surface area contributed by atoms with Crippen LogP contribution in [0.15, 0.2) is 60.7 Å². The average molecular weight is 271 g/mol. The molecule has 0 spiro atoms. The third kappa shape index (κ3) is 3.07. The van der Waals surface area contributed by atoms with E-state index in [1.165, 1.54) is 12.3 Å². The fourth-order valence-corrected chi connectivity index (χ4v) is 7.34. The Morgan fingerprint density at radius 2 is 1.21 bits per heavy atom. The highest BCUT2D eigenvalue weighted by Crippen LogP contribution is 2.57. The lowest BCUT2D eigenvalue weighted by Crippen LogP contribution is -2.28. The molecule has 0 atom stereocenters. The van der Waals surface area contributed by atoms with Crippen LogP contribution in [0.3, 0.4) is 0 Å². The van der Waals surface area contributed by atoms with Crippen LogP contribution in [0.5, 0.6) is 0 Å². The Morgan fingerprint density at radius 1 is 0.789 bits per heavy atom. The minimum atomic E-state index is -1.24. The van der Waals surface area contributed by atoms with Gasteiger partial charge < -0.3 is 0 Å². The fourth-order valence-electron chi connectivity index (χ4n) is 2.90. The first-order valence-electron chi connectivity index (χ1n) is 7.17. The third-order valence-corrected chi connectivity index (χ3v) is 8.72. The Hall–Kier alpha value is -1.13. The molecule has 2 aromatic carbocycles. The zero-order valence-corrected chi connectivity index (χ0v) is 13.1. The van der Waals surface area contributed by atoms with E-state index in [4.69, 9.17) is 0 Å². The molecule has 0 aliphatic carbocycles. The number of rotatable bonds is 5. The summed E-state index contributed by atoms with van der Waals surface area (Å²) in [6.07, 6.45) is 2.55. The minimum Gasteiger partial charge on any atom is -0.0620 e. The molecule has 0 amide bonds. The highest BCUT2D eigenvalue weighted by atomic mass is 31.2. The molecule has 0 aliphatic rings. The van der Waals surface area contributed by atoms with Gasteiger partial charge in [0.2, 0.25) is 0 Å². The molecule has 2 rings (SSSR count). The molecule has 0 aliphatic heterocycles. The van der Waals surface area contributed by atoms with E-state index in [1.54, 1.807) is 10.6 Å². The van der Waals surface area contributed by atoms with Gasteiger partial charge in [-0.2, -0.15) is 0 Å². The van der Waals surface area contributed by atoms with Gasteiger partial charge in [0, 0.05) is 0 Å². The second kappa shape index (κ2) is 6.35. The van der Waals surface area contributed by atoms with E-state index in [0.29, 0.717) is 0 Å². The average Bonchev–Trinajstić information content (AvgIpc) is 2.46. The normalized spacial score (nSPS) is 11.8. The van der Waals surface area contributed by atoms with Gasteiger partial charge in [-0.15, -0.1) is 0 Å². The zero-order chi connectivity index (χ0) is 13.7. The summed E-state index contributed by atoms with van der Waals surface area (Å²) in [5.41, 5.74) is 0. The van der Waals surface area contributed by atoms with Crippen molar-refractivity contribution < 1.29 is 0 Å². The first kappa shape index (κ1) is 14.3. The van der Waals surface area contributed by atoms with Crippen LogP contribution in [-0.4, -0.2) is 12.3 Å². The maximum atomic E-state index is 2.36. The molecule has 1 heteroatoms. The van der Waals surface area contributed by atoms with Crippen molar-refractivity contribution in [2.75, 3.05) is 12.3 Å². The molecule has 0 fully saturated rings. The number of benzene rings is 2. The maximum absolute atomic E-state index is 2.36. The van der Waals surface area contributed by atoms with Gasteiger partial charge in [-0.3, -0.25) is 0 Å². The van der Waals surface area contributed by atoms with E-state index in [0.717, 1.165) is 5.92 Å². The lowest BCUT2D eigenvalue weighted by Gasteiger charge is -2.28. The summed E-state index contributed by atoms with van der Waals surface area (Å²) < 4.78 is 0. The Kier molecular flexibility index (Phi) is 4.77. The summed E-state index contributed by atoms with van der Waals surface area (Å²) in [7, 11) is -1.24. The Labute approximate surface area is 118 Å². The molecule has 100 valence electrons. The van der Waals surface area contributed by atoms with E-state index in [2.05, 4.69) is 81.4 Å². The van der Waals surface area contributed by atoms with Crippen molar-refractivity contribution in [3.05, 3.63) is 60.7 Å². The van der Waals surface area contributed by atoms with Gasteiger partial charge in [0.05, 0.1) is 30.2 Å². The lowest BCUT2D eigenvalue weighted by molar-refractivity contribution is 0.743. The van der Waals surface area contributed by atoms with Crippen LogP contribution in [0.2, 0.25) is 0 Å². The van der Waals surface area contributed by atoms with Crippen LogP contribution in [0.4, 0.5) is 0 Å². The highest BCUT2D eigenvalue weighted by Gasteiger charge is 2.41. The molecule has 0 aromatic heterocycles. The molecule has 0 unspecified atom stereocenters. The van der Waals surface area contributed by atoms with Gasteiger partial charge in [-0.25, -0.2) is 0 Å². The largest absolute Gasteiger partial charge is 0.0991 e. The van der Waals surface area contributed by atoms with Gasteiger partial charge >= 0.3 is 0 Å². The van der Waals surface area contributed by atoms with E-state index >= 15 is 0 Å². The van der Waals surface area contributed by atoms with Crippen molar-refractivity contribution in [2.24, 2.45) is 5.92 Å². The second-order valence-corrected chi connectivity index (χ2v) is 9.50. The maximum Gasteiger partial charge on any atom is 0.0991 e. The van der Waals surface area contributed by atoms with Crippen LogP contribution >= 0.6 is 7.26 Å². The molecular weight excluding hydrogens is 247 g/mol. The summed E-state index contributed by atoms with van der Waals surface area (Å²) in [6, 6.07) is 22.3. The summed E-state index contributed by atoms with van der Waals surface area (Å²) in [6.45, 7) is 7.04. The summed E-state index contributed by atoms with van der Waals surface area (Å²) >= 11 is 0. The molecule has 0 nitrogen and oxygen atoms in total. The smallest absolute Gasteiger partial charge is 0.0620 e. The van der Waals surface area contributed by atoms with Crippen LogP contribution < -0.4 is 10.6 Å². The Balaban J connectivity index is 2.55. The van der Waals surface area contributed by atoms with E-state index in [-0.39, 0.29) is 0 Å². The predicted octanol–water partition coefficient (Wildman–Crippen LogP) is 4.33. The van der Waals surface area contributed by atoms with Crippen molar-refractivity contribution in [3.63, 3.8) is 0 Å². The predicted molar refractivity (Wildman–Crippen MR) is 89.3 cm³/mol. The molecule has 0 saturated heterocycles. The van der Waals surface area contributed by atoms with Gasteiger partial charge in [0.1, 0.15) is 0 Å². The van der Waals surface area contributed by atoms with Gasteiger partial charge in [-0.1, -0.05) is 50.2 Å². The van der Waals surface area contributed by atoms with Crippen molar-refractivity contribution in [2.45, 2.75) is 20.8 Å². The van der Waals surface area contributed by atoms with Crippen LogP contribution in [0.1, 0.15) is 20.8 Å². The summed E-state index contributed by atoms with van der Waals surface area (Å²) in [5.74, 6) is 0.730. The Bertz CT molecular complexity index is 448. The summed E-state index contributed by atoms with van der Waals surface area (Å²) in [5, 5.41) is 3.11. The van der Waals surface area contributed by atoms with Crippen LogP contribution in [-0.2, 0) is 0 Å². The summed E-state index contributed by atoms with van der Waals surface area (Å²) in [4.78, 5) is 0. The molecular formula is C18H24P+. The van der Waals surface area contributed by atoms with Crippen LogP contribution in [0.25, 0.3) is 0 Å². The molecule has 19 heavy (non-hydrogen) atoms. The van der Waals surface area contributed by atoms with Crippen molar-refractivity contribution in [1.29, 1.82) is 0 Å². The van der Waals surface area contributed by atoms with E-state index < -0.39 is 7.26 Å². The van der Waals surface area contributed by atoms with Gasteiger partial charge in [-0.05, 0) is 37.1 Å². The topological polar surface area (TPSA) is 0 Å². The number of hydrogen-bond donors (Lipinski definition) is 0. The molecule has 0 saturated carbocycles. The van der Waals surface area contributed by atoms with E-state index in [9.17, 15) is 0 Å². The third-order valence-electron chi connectivity index (χ3n) is 3.72. The molecule has 0 bridgehead atoms. The highest BCUT2D eigenvalue weighted by molar-refractivity contribution is 7.89. The van der Waals surface area contributed by atoms with E-state index in [1.807, 2.05) is 0 Å². The standard InChI is InChI=1S/C18H24P/c1-4-19(15-16(2)3,17-11-7-5-8-12-17)18-13-9-6-10-14-18/h5-14,16H,4,15H2,1-3H3/q+1. The quantitative estimate of drug-likeness (QED) is 0.710. The van der Waals surface area contributed by atoms with Crippen LogP contribution in [0, 0.1) is 5.92 Å². The molecule has 2 aromatic rings. The first-order valence-corrected chi connectivity index (χ1v) is 9.33. The number of hydrogen-bond acceptors (Lipinski definition) is 0.